The molecule has 82 valence electrons. The Morgan fingerprint density at radius 2 is 2.40 bits per heavy atom. The molecule has 1 heterocycles. The van der Waals surface area contributed by atoms with Crippen molar-refractivity contribution in [2.75, 3.05) is 0 Å². The number of aryl methyl sites for hydroxylation is 2. The Bertz CT molecular complexity index is 367. The van der Waals surface area contributed by atoms with E-state index in [1.807, 2.05) is 24.1 Å². The Balaban J connectivity index is 2.72. The number of carboxylic acid groups (broad SMARTS) is 1. The molecule has 1 N–H and O–H groups in total. The Kier molecular flexibility index (Phi) is 4.09. The topological polar surface area (TPSA) is 46.1 Å². The summed E-state index contributed by atoms with van der Waals surface area (Å²) in [5.74, 6) is -0.920. The molecule has 0 aliphatic heterocycles. The Hall–Kier alpha value is -1.58. The van der Waals surface area contributed by atoms with Crippen LogP contribution in [0.5, 0.6) is 0 Å². The molecule has 0 aliphatic rings. The smallest absolute Gasteiger partial charge is 0.328 e. The van der Waals surface area contributed by atoms with Gasteiger partial charge in [0.05, 0.1) is 13.6 Å². The average molecular weight is 209 g/mol. The first-order valence-corrected chi connectivity index (χ1v) is 5.10. The summed E-state index contributed by atoms with van der Waals surface area (Å²) < 4.78 is 3.99. The number of hydrogen-bond acceptors (Lipinski definition) is 1. The fourth-order valence-electron chi connectivity index (χ4n) is 1.36. The van der Waals surface area contributed by atoms with Gasteiger partial charge >= 0.3 is 5.97 Å². The van der Waals surface area contributed by atoms with Crippen molar-refractivity contribution in [2.24, 2.45) is 7.05 Å². The summed E-state index contributed by atoms with van der Waals surface area (Å²) in [4.78, 5) is 10.4. The van der Waals surface area contributed by atoms with Crippen LogP contribution in [0, 0.1) is 0 Å². The number of aromatic nitrogens is 2. The Labute approximate surface area is 89.5 Å². The van der Waals surface area contributed by atoms with E-state index in [0.29, 0.717) is 0 Å². The number of carboxylic acids is 1. The predicted octanol–water partition coefficient (Wildman–Crippen LogP) is 1.21. The lowest BCUT2D eigenvalue weighted by atomic mass is 10.3. The molecule has 4 nitrogen and oxygen atoms in total. The van der Waals surface area contributed by atoms with E-state index < -0.39 is 5.97 Å². The van der Waals surface area contributed by atoms with E-state index in [-0.39, 0.29) is 0 Å². The molecule has 1 aromatic rings. The molecule has 0 radical (unpaired) electrons. The highest BCUT2D eigenvalue weighted by molar-refractivity contribution is 5.84. The van der Waals surface area contributed by atoms with Crippen LogP contribution in [0.1, 0.15) is 25.5 Å². The molecule has 0 spiro atoms. The lowest BCUT2D eigenvalue weighted by molar-refractivity contribution is -0.696. The van der Waals surface area contributed by atoms with Crippen LogP contribution >= 0.6 is 0 Å². The van der Waals surface area contributed by atoms with Crippen molar-refractivity contribution in [2.45, 2.75) is 26.3 Å². The van der Waals surface area contributed by atoms with E-state index in [4.69, 9.17) is 5.11 Å². The van der Waals surface area contributed by atoms with Crippen LogP contribution in [0.15, 0.2) is 18.6 Å². The zero-order valence-corrected chi connectivity index (χ0v) is 9.18. The number of hydrogen-bond donors (Lipinski definition) is 1. The van der Waals surface area contributed by atoms with E-state index in [2.05, 4.69) is 11.5 Å². The molecular weight excluding hydrogens is 192 g/mol. The molecule has 0 aromatic carbocycles. The summed E-state index contributed by atoms with van der Waals surface area (Å²) >= 11 is 0. The minimum Gasteiger partial charge on any atom is -0.478 e. The maximum atomic E-state index is 10.4. The number of nitrogens with zero attached hydrogens (tertiary/aromatic N) is 2. The van der Waals surface area contributed by atoms with Crippen LogP contribution in [0.25, 0.3) is 6.08 Å². The maximum absolute atomic E-state index is 10.4. The lowest BCUT2D eigenvalue weighted by Crippen LogP contribution is -2.30. The van der Waals surface area contributed by atoms with Crippen LogP contribution < -0.4 is 4.57 Å². The van der Waals surface area contributed by atoms with Gasteiger partial charge in [0.1, 0.15) is 6.20 Å². The number of carbonyl (C=O) groups is 1. The number of aliphatic carboxylic acids is 1. The zero-order valence-electron chi connectivity index (χ0n) is 9.18. The van der Waals surface area contributed by atoms with Gasteiger partial charge in [0.25, 0.3) is 0 Å². The highest BCUT2D eigenvalue weighted by Gasteiger charge is 2.06. The fourth-order valence-corrected chi connectivity index (χ4v) is 1.36. The van der Waals surface area contributed by atoms with Gasteiger partial charge in [-0.2, -0.15) is 0 Å². The first-order chi connectivity index (χ1) is 7.13. The van der Waals surface area contributed by atoms with E-state index >= 15 is 0 Å². The molecule has 0 amide bonds. The summed E-state index contributed by atoms with van der Waals surface area (Å²) in [6, 6.07) is 0. The second-order valence-corrected chi connectivity index (χ2v) is 3.54. The summed E-state index contributed by atoms with van der Waals surface area (Å²) in [6.45, 7) is 3.12. The van der Waals surface area contributed by atoms with Crippen molar-refractivity contribution in [3.05, 3.63) is 24.3 Å². The van der Waals surface area contributed by atoms with Crippen LogP contribution in [0.4, 0.5) is 0 Å². The monoisotopic (exact) mass is 209 g/mol. The molecule has 4 heteroatoms. The summed E-state index contributed by atoms with van der Waals surface area (Å²) in [7, 11) is 1.91. The maximum Gasteiger partial charge on any atom is 0.328 e. The molecular formula is C11H17N2O2+. The van der Waals surface area contributed by atoms with Crippen LogP contribution in [-0.2, 0) is 18.4 Å². The van der Waals surface area contributed by atoms with Crippen molar-refractivity contribution in [1.29, 1.82) is 0 Å². The van der Waals surface area contributed by atoms with Crippen LogP contribution in [0.2, 0.25) is 0 Å². The standard InChI is InChI=1S/C11H16N2O2/c1-3-4-7-13-8-10(12(2)9-13)5-6-11(14)15/h5-6,8-9H,3-4,7H2,1-2H3/p+1/b6-5+. The molecule has 0 fully saturated rings. The van der Waals surface area contributed by atoms with E-state index in [9.17, 15) is 4.79 Å². The number of unbranched alkanes of at least 4 members (excludes halogenated alkanes) is 1. The highest BCUT2D eigenvalue weighted by atomic mass is 16.4. The molecule has 0 saturated carbocycles. The predicted molar refractivity (Wildman–Crippen MR) is 57.2 cm³/mol. The minimum absolute atomic E-state index is 0.897. The first kappa shape index (κ1) is 11.5. The third kappa shape index (κ3) is 3.58. The van der Waals surface area contributed by atoms with Gasteiger partial charge in [0.2, 0.25) is 6.33 Å². The van der Waals surface area contributed by atoms with Crippen molar-refractivity contribution in [1.82, 2.24) is 4.57 Å². The molecule has 1 rings (SSSR count). The van der Waals surface area contributed by atoms with Gasteiger partial charge in [0, 0.05) is 6.08 Å². The summed E-state index contributed by atoms with van der Waals surface area (Å²) in [5.41, 5.74) is 0.897. The Morgan fingerprint density at radius 3 is 3.00 bits per heavy atom. The normalized spacial score (nSPS) is 11.1. The van der Waals surface area contributed by atoms with Crippen LogP contribution in [-0.4, -0.2) is 15.6 Å². The zero-order chi connectivity index (χ0) is 11.3. The minimum atomic E-state index is -0.920. The van der Waals surface area contributed by atoms with Gasteiger partial charge < -0.3 is 5.11 Å². The van der Waals surface area contributed by atoms with Crippen molar-refractivity contribution in [3.63, 3.8) is 0 Å². The average Bonchev–Trinajstić information content (AvgIpc) is 2.53. The highest BCUT2D eigenvalue weighted by Crippen LogP contribution is 1.98. The lowest BCUT2D eigenvalue weighted by Gasteiger charge is -1.90. The van der Waals surface area contributed by atoms with Crippen LogP contribution in [0.3, 0.4) is 0 Å². The summed E-state index contributed by atoms with van der Waals surface area (Å²) in [5, 5.41) is 8.51. The van der Waals surface area contributed by atoms with E-state index in [0.717, 1.165) is 31.2 Å². The van der Waals surface area contributed by atoms with Gasteiger partial charge in [-0.15, -0.1) is 0 Å². The quantitative estimate of drug-likeness (QED) is 0.585. The van der Waals surface area contributed by atoms with Gasteiger partial charge in [0.15, 0.2) is 5.69 Å². The molecule has 1 aromatic heterocycles. The van der Waals surface area contributed by atoms with E-state index in [1.54, 1.807) is 6.08 Å². The van der Waals surface area contributed by atoms with Gasteiger partial charge in [-0.1, -0.05) is 13.3 Å². The molecule has 0 saturated heterocycles. The van der Waals surface area contributed by atoms with Crippen molar-refractivity contribution in [3.8, 4) is 0 Å². The van der Waals surface area contributed by atoms with Gasteiger partial charge in [-0.25, -0.2) is 13.9 Å². The second-order valence-electron chi connectivity index (χ2n) is 3.54. The number of rotatable bonds is 5. The molecule has 15 heavy (non-hydrogen) atoms. The third-order valence-electron chi connectivity index (χ3n) is 2.19. The fraction of sp³-hybridized carbons (Fsp3) is 0.455. The summed E-state index contributed by atoms with van der Waals surface area (Å²) in [6.07, 6.45) is 8.97. The molecule has 0 bridgehead atoms. The first-order valence-electron chi connectivity index (χ1n) is 5.10. The van der Waals surface area contributed by atoms with Gasteiger partial charge in [-0.05, 0) is 12.5 Å². The SMILES string of the molecule is CCCC[n+]1cc(/C=C/C(=O)O)n(C)c1. The van der Waals surface area contributed by atoms with E-state index in [1.165, 1.54) is 0 Å². The van der Waals surface area contributed by atoms with Crippen molar-refractivity contribution >= 4 is 12.0 Å². The largest absolute Gasteiger partial charge is 0.478 e. The molecule has 0 unspecified atom stereocenters. The van der Waals surface area contributed by atoms with Crippen molar-refractivity contribution < 1.29 is 14.5 Å². The third-order valence-corrected chi connectivity index (χ3v) is 2.19. The van der Waals surface area contributed by atoms with Gasteiger partial charge in [-0.3, -0.25) is 0 Å². The second kappa shape index (κ2) is 5.34. The number of imidazole rings is 1. The Morgan fingerprint density at radius 1 is 1.67 bits per heavy atom. The molecule has 0 atom stereocenters. The molecule has 0 aliphatic carbocycles.